The molecule has 2 nitrogen and oxygen atoms in total. The molecule has 0 aliphatic rings. The van der Waals surface area contributed by atoms with Crippen LogP contribution in [0.2, 0.25) is 10.0 Å². The Hall–Kier alpha value is -0.900. The van der Waals surface area contributed by atoms with Crippen LogP contribution in [0.3, 0.4) is 0 Å². The molecular formula is C11H8Cl2N2S. The van der Waals surface area contributed by atoms with Crippen molar-refractivity contribution >= 4 is 40.7 Å². The molecule has 2 N–H and O–H groups in total. The molecule has 0 amide bonds. The summed E-state index contributed by atoms with van der Waals surface area (Å²) in [6.07, 6.45) is 1.57. The number of rotatable bonds is 2. The number of pyridine rings is 1. The minimum Gasteiger partial charge on any atom is -0.397 e. The van der Waals surface area contributed by atoms with Crippen molar-refractivity contribution in [3.63, 3.8) is 0 Å². The normalized spacial score (nSPS) is 10.4. The van der Waals surface area contributed by atoms with Crippen LogP contribution in [0, 0.1) is 0 Å². The maximum absolute atomic E-state index is 6.04. The number of aromatic nitrogens is 1. The summed E-state index contributed by atoms with van der Waals surface area (Å²) < 4.78 is 0. The average molecular weight is 271 g/mol. The van der Waals surface area contributed by atoms with Crippen LogP contribution in [0.1, 0.15) is 0 Å². The summed E-state index contributed by atoms with van der Waals surface area (Å²) in [4.78, 5) is 5.08. The number of halogens is 2. The molecule has 0 saturated carbocycles. The van der Waals surface area contributed by atoms with E-state index in [-0.39, 0.29) is 0 Å². The fourth-order valence-electron chi connectivity index (χ4n) is 1.15. The summed E-state index contributed by atoms with van der Waals surface area (Å²) in [5, 5.41) is 1.91. The lowest BCUT2D eigenvalue weighted by molar-refractivity contribution is 1.14. The maximum atomic E-state index is 6.04. The van der Waals surface area contributed by atoms with Gasteiger partial charge in [0.05, 0.1) is 21.9 Å². The Balaban J connectivity index is 2.31. The third-order valence-corrected chi connectivity index (χ3v) is 3.81. The summed E-state index contributed by atoms with van der Waals surface area (Å²) in [6, 6.07) is 9.22. The largest absolute Gasteiger partial charge is 0.397 e. The molecule has 0 spiro atoms. The van der Waals surface area contributed by atoms with Crippen LogP contribution in [-0.2, 0) is 0 Å². The molecule has 1 aromatic carbocycles. The Labute approximate surface area is 108 Å². The van der Waals surface area contributed by atoms with Crippen LogP contribution in [-0.4, -0.2) is 4.98 Å². The number of anilines is 1. The van der Waals surface area contributed by atoms with Gasteiger partial charge in [-0.15, -0.1) is 0 Å². The van der Waals surface area contributed by atoms with Gasteiger partial charge in [-0.3, -0.25) is 0 Å². The standard InChI is InChI=1S/C11H8Cl2N2S/c12-8-3-1-2-4-10(8)16-11-9(13)5-7(14)6-15-11/h1-6H,14H2. The van der Waals surface area contributed by atoms with Gasteiger partial charge >= 0.3 is 0 Å². The van der Waals surface area contributed by atoms with Gasteiger partial charge in [0.25, 0.3) is 0 Å². The third-order valence-electron chi connectivity index (χ3n) is 1.87. The van der Waals surface area contributed by atoms with Crippen LogP contribution in [0.5, 0.6) is 0 Å². The highest BCUT2D eigenvalue weighted by Gasteiger charge is 2.07. The number of benzene rings is 1. The average Bonchev–Trinajstić information content (AvgIpc) is 2.25. The predicted octanol–water partition coefficient (Wildman–Crippen LogP) is 4.12. The van der Waals surface area contributed by atoms with Gasteiger partial charge in [-0.1, -0.05) is 47.1 Å². The van der Waals surface area contributed by atoms with Crippen molar-refractivity contribution in [3.05, 3.63) is 46.6 Å². The van der Waals surface area contributed by atoms with E-state index in [9.17, 15) is 0 Å². The second kappa shape index (κ2) is 4.95. The number of nitrogens with zero attached hydrogens (tertiary/aromatic N) is 1. The first-order valence-electron chi connectivity index (χ1n) is 4.50. The van der Waals surface area contributed by atoms with E-state index in [2.05, 4.69) is 4.98 Å². The molecule has 0 atom stereocenters. The first-order chi connectivity index (χ1) is 7.66. The summed E-state index contributed by atoms with van der Waals surface area (Å²) in [7, 11) is 0. The third kappa shape index (κ3) is 2.61. The zero-order chi connectivity index (χ0) is 11.5. The van der Waals surface area contributed by atoms with Crippen molar-refractivity contribution in [2.45, 2.75) is 9.92 Å². The highest BCUT2D eigenvalue weighted by atomic mass is 35.5. The van der Waals surface area contributed by atoms with Gasteiger partial charge in [0.15, 0.2) is 0 Å². The van der Waals surface area contributed by atoms with Crippen LogP contribution in [0.15, 0.2) is 46.5 Å². The Kier molecular flexibility index (Phi) is 3.59. The van der Waals surface area contributed by atoms with Crippen molar-refractivity contribution in [1.29, 1.82) is 0 Å². The lowest BCUT2D eigenvalue weighted by Crippen LogP contribution is -1.88. The van der Waals surface area contributed by atoms with Gasteiger partial charge in [0.1, 0.15) is 5.03 Å². The monoisotopic (exact) mass is 270 g/mol. The lowest BCUT2D eigenvalue weighted by Gasteiger charge is -2.05. The first-order valence-corrected chi connectivity index (χ1v) is 6.07. The fourth-order valence-corrected chi connectivity index (χ4v) is 2.47. The van der Waals surface area contributed by atoms with E-state index < -0.39 is 0 Å². The molecule has 0 aliphatic carbocycles. The van der Waals surface area contributed by atoms with Crippen molar-refractivity contribution < 1.29 is 0 Å². The molecular weight excluding hydrogens is 263 g/mol. The number of nitrogen functional groups attached to an aromatic ring is 1. The van der Waals surface area contributed by atoms with Gasteiger partial charge < -0.3 is 5.73 Å². The molecule has 16 heavy (non-hydrogen) atoms. The molecule has 1 heterocycles. The minimum absolute atomic E-state index is 0.532. The van der Waals surface area contributed by atoms with E-state index in [0.717, 1.165) is 4.90 Å². The molecule has 0 unspecified atom stereocenters. The maximum Gasteiger partial charge on any atom is 0.120 e. The Morgan fingerprint density at radius 3 is 2.56 bits per heavy atom. The van der Waals surface area contributed by atoms with Crippen molar-refractivity contribution in [3.8, 4) is 0 Å². The summed E-state index contributed by atoms with van der Waals surface area (Å²) in [5.41, 5.74) is 6.12. The van der Waals surface area contributed by atoms with E-state index in [0.29, 0.717) is 20.8 Å². The molecule has 82 valence electrons. The highest BCUT2D eigenvalue weighted by molar-refractivity contribution is 7.99. The molecule has 0 saturated heterocycles. The van der Waals surface area contributed by atoms with Gasteiger partial charge in [-0.05, 0) is 18.2 Å². The molecule has 2 rings (SSSR count). The molecule has 5 heteroatoms. The van der Waals surface area contributed by atoms with Crippen LogP contribution in [0.25, 0.3) is 0 Å². The molecule has 0 aliphatic heterocycles. The quantitative estimate of drug-likeness (QED) is 0.892. The summed E-state index contributed by atoms with van der Waals surface area (Å²) >= 11 is 13.5. The van der Waals surface area contributed by atoms with Crippen LogP contribution in [0.4, 0.5) is 5.69 Å². The van der Waals surface area contributed by atoms with E-state index >= 15 is 0 Å². The van der Waals surface area contributed by atoms with Gasteiger partial charge in [-0.25, -0.2) is 4.98 Å². The van der Waals surface area contributed by atoms with E-state index in [1.807, 2.05) is 24.3 Å². The van der Waals surface area contributed by atoms with Gasteiger partial charge in [0, 0.05) is 4.90 Å². The van der Waals surface area contributed by atoms with Crippen LogP contribution >= 0.6 is 35.0 Å². The number of hydrogen-bond donors (Lipinski definition) is 1. The number of hydrogen-bond acceptors (Lipinski definition) is 3. The summed E-state index contributed by atoms with van der Waals surface area (Å²) in [6.45, 7) is 0. The van der Waals surface area contributed by atoms with Crippen molar-refractivity contribution in [2.24, 2.45) is 0 Å². The molecule has 2 aromatic rings. The fraction of sp³-hybridized carbons (Fsp3) is 0. The topological polar surface area (TPSA) is 38.9 Å². The van der Waals surface area contributed by atoms with Crippen molar-refractivity contribution in [1.82, 2.24) is 4.98 Å². The molecule has 0 radical (unpaired) electrons. The van der Waals surface area contributed by atoms with E-state index in [1.165, 1.54) is 11.8 Å². The van der Waals surface area contributed by atoms with Crippen LogP contribution < -0.4 is 5.73 Å². The Bertz CT molecular complexity index is 517. The SMILES string of the molecule is Nc1cnc(Sc2ccccc2Cl)c(Cl)c1. The Morgan fingerprint density at radius 2 is 1.88 bits per heavy atom. The number of nitrogens with two attached hydrogens (primary N) is 1. The zero-order valence-electron chi connectivity index (χ0n) is 8.15. The Morgan fingerprint density at radius 1 is 1.12 bits per heavy atom. The smallest absolute Gasteiger partial charge is 0.120 e. The lowest BCUT2D eigenvalue weighted by atomic mass is 10.4. The van der Waals surface area contributed by atoms with E-state index in [4.69, 9.17) is 28.9 Å². The first kappa shape index (κ1) is 11.6. The summed E-state index contributed by atoms with van der Waals surface area (Å²) in [5.74, 6) is 0. The highest BCUT2D eigenvalue weighted by Crippen LogP contribution is 2.35. The zero-order valence-corrected chi connectivity index (χ0v) is 10.5. The van der Waals surface area contributed by atoms with Gasteiger partial charge in [-0.2, -0.15) is 0 Å². The molecule has 1 aromatic heterocycles. The molecule has 0 bridgehead atoms. The second-order valence-electron chi connectivity index (χ2n) is 3.09. The van der Waals surface area contributed by atoms with Crippen molar-refractivity contribution in [2.75, 3.05) is 5.73 Å². The minimum atomic E-state index is 0.532. The second-order valence-corrected chi connectivity index (χ2v) is 4.93. The molecule has 0 fully saturated rings. The van der Waals surface area contributed by atoms with E-state index in [1.54, 1.807) is 12.3 Å². The predicted molar refractivity (Wildman–Crippen MR) is 69.2 cm³/mol. The van der Waals surface area contributed by atoms with Gasteiger partial charge in [0.2, 0.25) is 0 Å².